The van der Waals surface area contributed by atoms with Gasteiger partial charge in [0.15, 0.2) is 14.5 Å². The van der Waals surface area contributed by atoms with Crippen molar-refractivity contribution in [2.45, 2.75) is 44.2 Å². The van der Waals surface area contributed by atoms with Crippen LogP contribution in [0, 0.1) is 11.3 Å². The summed E-state index contributed by atoms with van der Waals surface area (Å²) >= 11 is 0. The topological polar surface area (TPSA) is 106 Å². The van der Waals surface area contributed by atoms with Crippen molar-refractivity contribution >= 4 is 8.38 Å². The Morgan fingerprint density at radius 2 is 2.32 bits per heavy atom. The van der Waals surface area contributed by atoms with Crippen molar-refractivity contribution in [2.75, 3.05) is 19.9 Å². The molecule has 0 amide bonds. The maximum atomic E-state index is 15.1. The van der Waals surface area contributed by atoms with Gasteiger partial charge >= 0.3 is 5.69 Å². The molecule has 1 aliphatic rings. The zero-order valence-corrected chi connectivity index (χ0v) is 14.9. The van der Waals surface area contributed by atoms with E-state index in [2.05, 4.69) is 4.98 Å². The third kappa shape index (κ3) is 4.95. The first-order valence-corrected chi connectivity index (χ1v) is 9.58. The molecule has 2 rings (SSSR count). The van der Waals surface area contributed by atoms with Crippen LogP contribution in [0.5, 0.6) is 0 Å². The van der Waals surface area contributed by atoms with Crippen LogP contribution in [0.3, 0.4) is 0 Å². The number of nitrogens with zero attached hydrogens (tertiary/aromatic N) is 2. The van der Waals surface area contributed by atoms with Crippen molar-refractivity contribution in [1.29, 1.82) is 5.26 Å². The molecule has 0 saturated carbocycles. The van der Waals surface area contributed by atoms with Gasteiger partial charge in [0.25, 0.3) is 5.56 Å². The number of hydrogen-bond donors (Lipinski definition) is 1. The lowest BCUT2D eigenvalue weighted by atomic mass is 9.97. The Hall–Kier alpha value is -1.59. The van der Waals surface area contributed by atoms with Crippen LogP contribution < -0.4 is 11.2 Å². The van der Waals surface area contributed by atoms with E-state index in [1.807, 2.05) is 13.0 Å². The summed E-state index contributed by atoms with van der Waals surface area (Å²) in [4.78, 5) is 25.2. The number of hydrogen-bond acceptors (Lipinski definition) is 6. The molecule has 0 bridgehead atoms. The fraction of sp³-hybridized carbons (Fsp3) is 0.667. The Morgan fingerprint density at radius 3 is 2.96 bits per heavy atom. The maximum absolute atomic E-state index is 15.1. The van der Waals surface area contributed by atoms with Crippen LogP contribution in [0.15, 0.2) is 21.9 Å². The van der Waals surface area contributed by atoms with Crippen LogP contribution in [-0.2, 0) is 13.8 Å². The second kappa shape index (κ2) is 9.20. The predicted octanol–water partition coefficient (Wildman–Crippen LogP) is 1.48. The molecule has 25 heavy (non-hydrogen) atoms. The van der Waals surface area contributed by atoms with Gasteiger partial charge in [-0.2, -0.15) is 5.26 Å². The number of aromatic amines is 1. The van der Waals surface area contributed by atoms with E-state index < -0.39 is 44.0 Å². The highest BCUT2D eigenvalue weighted by Crippen LogP contribution is 2.41. The van der Waals surface area contributed by atoms with Crippen LogP contribution in [0.25, 0.3) is 0 Å². The quantitative estimate of drug-likeness (QED) is 0.573. The number of aromatic nitrogens is 2. The standard InChI is InChI=1S/C15H21FN3O5P/c1-3-11-14(24-25(2)23-8-4-6-17)13(16)10(9-22-11)19-7-5-12(20)18-15(19)21/h5,7,10-11,13-14H,3-4,8-9H2,1-2H3,(H,18,20,21). The zero-order chi connectivity index (χ0) is 18.4. The Balaban J connectivity index is 2.14. The Kier molecular flexibility index (Phi) is 7.26. The summed E-state index contributed by atoms with van der Waals surface area (Å²) in [5, 5.41) is 8.53. The van der Waals surface area contributed by atoms with Gasteiger partial charge in [0, 0.05) is 18.9 Å². The number of H-pyrrole nitrogens is 1. The van der Waals surface area contributed by atoms with Crippen molar-refractivity contribution in [1.82, 2.24) is 9.55 Å². The average Bonchev–Trinajstić information content (AvgIpc) is 2.57. The first kappa shape index (κ1) is 19.7. The summed E-state index contributed by atoms with van der Waals surface area (Å²) in [5.41, 5.74) is -1.24. The van der Waals surface area contributed by atoms with Crippen LogP contribution in [0.2, 0.25) is 0 Å². The second-order valence-corrected chi connectivity index (χ2v) is 6.91. The van der Waals surface area contributed by atoms with Gasteiger partial charge < -0.3 is 13.8 Å². The Labute approximate surface area is 145 Å². The molecular formula is C15H21FN3O5P. The number of ether oxygens (including phenoxy) is 1. The molecule has 1 aromatic heterocycles. The van der Waals surface area contributed by atoms with Crippen molar-refractivity contribution in [3.05, 3.63) is 33.1 Å². The first-order chi connectivity index (χ1) is 12.0. The molecule has 5 atom stereocenters. The highest BCUT2D eigenvalue weighted by atomic mass is 31.2. The van der Waals surface area contributed by atoms with E-state index in [1.54, 1.807) is 6.66 Å². The Morgan fingerprint density at radius 1 is 1.56 bits per heavy atom. The fourth-order valence-corrected chi connectivity index (χ4v) is 3.66. The third-order valence-electron chi connectivity index (χ3n) is 3.90. The molecule has 5 unspecified atom stereocenters. The summed E-state index contributed by atoms with van der Waals surface area (Å²) in [6, 6.07) is 2.22. The summed E-state index contributed by atoms with van der Waals surface area (Å²) in [7, 11) is -1.39. The van der Waals surface area contributed by atoms with Crippen LogP contribution >= 0.6 is 8.38 Å². The highest BCUT2D eigenvalue weighted by molar-refractivity contribution is 7.46. The van der Waals surface area contributed by atoms with Gasteiger partial charge in [0.05, 0.1) is 37.8 Å². The normalized spacial score (nSPS) is 27.6. The van der Waals surface area contributed by atoms with Gasteiger partial charge in [-0.1, -0.05) is 6.92 Å². The van der Waals surface area contributed by atoms with Gasteiger partial charge in [0.1, 0.15) is 6.10 Å². The molecule has 1 aliphatic heterocycles. The molecule has 1 saturated heterocycles. The lowest BCUT2D eigenvalue weighted by Gasteiger charge is -2.39. The molecule has 138 valence electrons. The monoisotopic (exact) mass is 373 g/mol. The van der Waals surface area contributed by atoms with Crippen LogP contribution in [-0.4, -0.2) is 47.8 Å². The summed E-state index contributed by atoms with van der Waals surface area (Å²) in [6.45, 7) is 3.75. The van der Waals surface area contributed by atoms with E-state index in [1.165, 1.54) is 6.20 Å². The smallest absolute Gasteiger partial charge is 0.328 e. The fourth-order valence-electron chi connectivity index (χ4n) is 2.65. The molecule has 1 fully saturated rings. The minimum atomic E-state index is -1.51. The molecular weight excluding hydrogens is 352 g/mol. The first-order valence-electron chi connectivity index (χ1n) is 7.95. The van der Waals surface area contributed by atoms with Crippen molar-refractivity contribution in [2.24, 2.45) is 0 Å². The SMILES string of the molecule is CCC1OCC(n2ccc(=O)[nH]c2=O)C(F)C1OP(C)OCCC#N. The minimum absolute atomic E-state index is 0.00239. The number of rotatable bonds is 7. The van der Waals surface area contributed by atoms with Crippen molar-refractivity contribution < 1.29 is 18.2 Å². The van der Waals surface area contributed by atoms with E-state index in [4.69, 9.17) is 19.0 Å². The van der Waals surface area contributed by atoms with E-state index in [9.17, 15) is 9.59 Å². The van der Waals surface area contributed by atoms with Gasteiger partial charge in [-0.3, -0.25) is 14.3 Å². The number of alkyl halides is 1. The molecule has 1 aromatic rings. The molecule has 10 heteroatoms. The third-order valence-corrected chi connectivity index (χ3v) is 4.98. The van der Waals surface area contributed by atoms with E-state index in [0.29, 0.717) is 6.42 Å². The summed E-state index contributed by atoms with van der Waals surface area (Å²) < 4.78 is 33.0. The zero-order valence-electron chi connectivity index (χ0n) is 14.1. The highest BCUT2D eigenvalue weighted by Gasteiger charge is 2.43. The van der Waals surface area contributed by atoms with Crippen LogP contribution in [0.1, 0.15) is 25.8 Å². The maximum Gasteiger partial charge on any atom is 0.328 e. The van der Waals surface area contributed by atoms with Gasteiger partial charge in [-0.25, -0.2) is 9.18 Å². The Bertz CT molecular complexity index is 718. The molecule has 8 nitrogen and oxygen atoms in total. The average molecular weight is 373 g/mol. The predicted molar refractivity (Wildman–Crippen MR) is 89.2 cm³/mol. The number of nitriles is 1. The van der Waals surface area contributed by atoms with Crippen molar-refractivity contribution in [3.63, 3.8) is 0 Å². The van der Waals surface area contributed by atoms with E-state index >= 15 is 4.39 Å². The lowest BCUT2D eigenvalue weighted by Crippen LogP contribution is -2.51. The molecule has 0 spiro atoms. The summed E-state index contributed by atoms with van der Waals surface area (Å²) in [6.07, 6.45) is -0.854. The largest absolute Gasteiger partial charge is 0.373 e. The molecule has 1 N–H and O–H groups in total. The van der Waals surface area contributed by atoms with Crippen molar-refractivity contribution in [3.8, 4) is 6.07 Å². The van der Waals surface area contributed by atoms with Gasteiger partial charge in [0.2, 0.25) is 0 Å². The number of nitrogens with one attached hydrogen (secondary N) is 1. The van der Waals surface area contributed by atoms with E-state index in [-0.39, 0.29) is 19.6 Å². The minimum Gasteiger partial charge on any atom is -0.373 e. The molecule has 0 aromatic carbocycles. The molecule has 2 heterocycles. The van der Waals surface area contributed by atoms with Crippen LogP contribution in [0.4, 0.5) is 4.39 Å². The lowest BCUT2D eigenvalue weighted by molar-refractivity contribution is -0.126. The second-order valence-electron chi connectivity index (χ2n) is 5.56. The number of halogens is 1. The van der Waals surface area contributed by atoms with E-state index in [0.717, 1.165) is 10.6 Å². The summed E-state index contributed by atoms with van der Waals surface area (Å²) in [5.74, 6) is 0. The molecule has 0 radical (unpaired) electrons. The van der Waals surface area contributed by atoms with Gasteiger partial charge in [-0.05, 0) is 6.42 Å². The van der Waals surface area contributed by atoms with Gasteiger partial charge in [-0.15, -0.1) is 0 Å². The molecule has 0 aliphatic carbocycles.